The van der Waals surface area contributed by atoms with Gasteiger partial charge in [-0.2, -0.15) is 0 Å². The fourth-order valence-corrected chi connectivity index (χ4v) is 3.52. The molecule has 1 aliphatic rings. The van der Waals surface area contributed by atoms with Crippen molar-refractivity contribution in [2.24, 2.45) is 4.99 Å². The zero-order valence-corrected chi connectivity index (χ0v) is 16.2. The van der Waals surface area contributed by atoms with Gasteiger partial charge < -0.3 is 15.5 Å². The minimum atomic E-state index is 0.648. The van der Waals surface area contributed by atoms with Gasteiger partial charge in [-0.3, -0.25) is 4.90 Å². The van der Waals surface area contributed by atoms with E-state index >= 15 is 0 Å². The summed E-state index contributed by atoms with van der Waals surface area (Å²) in [7, 11) is 0. The number of piperazine rings is 1. The van der Waals surface area contributed by atoms with Crippen LogP contribution in [-0.2, 0) is 13.0 Å². The molecule has 0 saturated carbocycles. The summed E-state index contributed by atoms with van der Waals surface area (Å²) in [5.41, 5.74) is 0. The van der Waals surface area contributed by atoms with E-state index in [9.17, 15) is 0 Å². The smallest absolute Gasteiger partial charge is 0.191 e. The average Bonchev–Trinajstić information content (AvgIpc) is 3.08. The summed E-state index contributed by atoms with van der Waals surface area (Å²) >= 11 is 1.76. The molecule has 1 aromatic rings. The number of likely N-dealkylation sites (N-methyl/N-ethyl adjacent to an activating group) is 1. The number of aryl methyl sites for hydroxylation is 1. The third kappa shape index (κ3) is 6.37. The van der Waals surface area contributed by atoms with E-state index in [0.29, 0.717) is 6.54 Å². The van der Waals surface area contributed by atoms with Crippen LogP contribution in [-0.4, -0.2) is 73.1 Å². The van der Waals surface area contributed by atoms with Gasteiger partial charge in [0.05, 0.1) is 6.54 Å². The fourth-order valence-electron chi connectivity index (χ4n) is 2.73. The molecule has 1 fully saturated rings. The fraction of sp³-hybridized carbons (Fsp3) is 0.765. The molecule has 0 radical (unpaired) electrons. The number of aliphatic imine (C=N–C) groups is 1. The molecule has 1 aliphatic heterocycles. The van der Waals surface area contributed by atoms with Crippen molar-refractivity contribution in [3.05, 3.63) is 16.1 Å². The first-order chi connectivity index (χ1) is 11.7. The first kappa shape index (κ1) is 19.1. The highest BCUT2D eigenvalue weighted by Crippen LogP contribution is 2.13. The summed E-state index contributed by atoms with van der Waals surface area (Å²) in [6, 6.07) is 0. The van der Waals surface area contributed by atoms with Crippen molar-refractivity contribution in [2.75, 3.05) is 52.4 Å². The van der Waals surface area contributed by atoms with E-state index in [2.05, 4.69) is 51.2 Å². The third-order valence-electron chi connectivity index (χ3n) is 4.30. The zero-order valence-electron chi connectivity index (χ0n) is 15.3. The lowest BCUT2D eigenvalue weighted by Gasteiger charge is -2.34. The van der Waals surface area contributed by atoms with Crippen molar-refractivity contribution >= 4 is 17.3 Å². The molecule has 0 bridgehead atoms. The Labute approximate surface area is 150 Å². The van der Waals surface area contributed by atoms with Crippen molar-refractivity contribution < 1.29 is 0 Å². The van der Waals surface area contributed by atoms with Gasteiger partial charge in [0.2, 0.25) is 0 Å². The summed E-state index contributed by atoms with van der Waals surface area (Å²) in [6.07, 6.45) is 3.01. The van der Waals surface area contributed by atoms with E-state index in [1.54, 1.807) is 11.3 Å². The van der Waals surface area contributed by atoms with E-state index in [0.717, 1.165) is 37.0 Å². The molecule has 2 rings (SSSR count). The predicted molar refractivity (Wildman–Crippen MR) is 103 cm³/mol. The Balaban J connectivity index is 1.73. The molecule has 2 N–H and O–H groups in total. The summed E-state index contributed by atoms with van der Waals surface area (Å²) in [5, 5.41) is 7.84. The van der Waals surface area contributed by atoms with Gasteiger partial charge in [0.25, 0.3) is 0 Å². The molecule has 2 heterocycles. The molecule has 1 saturated heterocycles. The maximum atomic E-state index is 4.65. The van der Waals surface area contributed by atoms with Crippen LogP contribution in [0.5, 0.6) is 0 Å². The number of nitrogens with one attached hydrogen (secondary N) is 2. The lowest BCUT2D eigenvalue weighted by Crippen LogP contribution is -2.49. The van der Waals surface area contributed by atoms with Crippen LogP contribution in [0.4, 0.5) is 0 Å². The number of aromatic nitrogens is 1. The Morgan fingerprint density at radius 1 is 1.17 bits per heavy atom. The second-order valence-corrected chi connectivity index (χ2v) is 7.17. The van der Waals surface area contributed by atoms with Crippen molar-refractivity contribution in [2.45, 2.75) is 33.7 Å². The van der Waals surface area contributed by atoms with Crippen LogP contribution >= 0.6 is 11.3 Å². The quantitative estimate of drug-likeness (QED) is 0.547. The first-order valence-electron chi connectivity index (χ1n) is 9.15. The van der Waals surface area contributed by atoms with Crippen molar-refractivity contribution in [1.29, 1.82) is 0 Å². The van der Waals surface area contributed by atoms with Gasteiger partial charge >= 0.3 is 0 Å². The van der Waals surface area contributed by atoms with Gasteiger partial charge in [-0.05, 0) is 19.9 Å². The Bertz CT molecular complexity index is 493. The summed E-state index contributed by atoms with van der Waals surface area (Å²) in [4.78, 5) is 15.4. The monoisotopic (exact) mass is 352 g/mol. The summed E-state index contributed by atoms with van der Waals surface area (Å²) < 4.78 is 0. The van der Waals surface area contributed by atoms with Gasteiger partial charge in [-0.15, -0.1) is 11.3 Å². The van der Waals surface area contributed by atoms with Crippen molar-refractivity contribution in [1.82, 2.24) is 25.4 Å². The molecule has 0 spiro atoms. The number of nitrogens with zero attached hydrogens (tertiary/aromatic N) is 4. The number of thiazole rings is 1. The number of hydrogen-bond acceptors (Lipinski definition) is 5. The molecule has 0 amide bonds. The Morgan fingerprint density at radius 3 is 2.54 bits per heavy atom. The second kappa shape index (κ2) is 10.6. The molecule has 0 aliphatic carbocycles. The van der Waals surface area contributed by atoms with E-state index in [1.807, 2.05) is 6.20 Å². The van der Waals surface area contributed by atoms with Gasteiger partial charge in [0.15, 0.2) is 5.96 Å². The molecule has 6 nitrogen and oxygen atoms in total. The summed E-state index contributed by atoms with van der Waals surface area (Å²) in [6.45, 7) is 15.9. The lowest BCUT2D eigenvalue weighted by atomic mass is 10.3. The maximum Gasteiger partial charge on any atom is 0.191 e. The third-order valence-corrected chi connectivity index (χ3v) is 5.43. The second-order valence-electron chi connectivity index (χ2n) is 5.97. The average molecular weight is 353 g/mol. The first-order valence-corrected chi connectivity index (χ1v) is 9.97. The predicted octanol–water partition coefficient (Wildman–Crippen LogP) is 1.40. The van der Waals surface area contributed by atoms with E-state index < -0.39 is 0 Å². The van der Waals surface area contributed by atoms with Crippen LogP contribution in [0.2, 0.25) is 0 Å². The molecule has 0 aromatic carbocycles. The minimum absolute atomic E-state index is 0.648. The maximum absolute atomic E-state index is 4.65. The van der Waals surface area contributed by atoms with Crippen LogP contribution in [0.25, 0.3) is 0 Å². The van der Waals surface area contributed by atoms with Gasteiger partial charge in [0, 0.05) is 56.9 Å². The highest BCUT2D eigenvalue weighted by Gasteiger charge is 2.14. The Morgan fingerprint density at radius 2 is 1.92 bits per heavy atom. The Hall–Kier alpha value is -1.18. The molecular formula is C17H32N6S. The van der Waals surface area contributed by atoms with Crippen LogP contribution in [0.15, 0.2) is 11.2 Å². The lowest BCUT2D eigenvalue weighted by molar-refractivity contribution is 0.139. The van der Waals surface area contributed by atoms with Gasteiger partial charge in [0.1, 0.15) is 5.01 Å². The van der Waals surface area contributed by atoms with Gasteiger partial charge in [-0.1, -0.05) is 13.8 Å². The molecular weight excluding hydrogens is 320 g/mol. The number of rotatable bonds is 8. The van der Waals surface area contributed by atoms with E-state index in [-0.39, 0.29) is 0 Å². The van der Waals surface area contributed by atoms with Crippen molar-refractivity contribution in [3.63, 3.8) is 0 Å². The number of hydrogen-bond donors (Lipinski definition) is 2. The molecule has 0 atom stereocenters. The standard InChI is InChI=1S/C17H32N6S/c1-4-15-13-20-16(24-15)14-21-17(18-5-2)19-7-8-23-11-9-22(6-3)10-12-23/h13H,4-12,14H2,1-3H3,(H2,18,19,21). The minimum Gasteiger partial charge on any atom is -0.357 e. The Kier molecular flexibility index (Phi) is 8.49. The van der Waals surface area contributed by atoms with Crippen molar-refractivity contribution in [3.8, 4) is 0 Å². The normalized spacial score (nSPS) is 17.2. The molecule has 0 unspecified atom stereocenters. The van der Waals surface area contributed by atoms with Crippen LogP contribution in [0.3, 0.4) is 0 Å². The van der Waals surface area contributed by atoms with E-state index in [4.69, 9.17) is 0 Å². The number of guanidine groups is 1. The summed E-state index contributed by atoms with van der Waals surface area (Å²) in [5.74, 6) is 0.887. The molecule has 7 heteroatoms. The SMILES string of the molecule is CCNC(=NCc1ncc(CC)s1)NCCN1CCN(CC)CC1. The molecule has 24 heavy (non-hydrogen) atoms. The van der Waals surface area contributed by atoms with E-state index in [1.165, 1.54) is 37.6 Å². The van der Waals surface area contributed by atoms with Gasteiger partial charge in [-0.25, -0.2) is 9.98 Å². The van der Waals surface area contributed by atoms with Crippen LogP contribution < -0.4 is 10.6 Å². The van der Waals surface area contributed by atoms with Crippen LogP contribution in [0, 0.1) is 0 Å². The molecule has 136 valence electrons. The zero-order chi connectivity index (χ0) is 17.2. The highest BCUT2D eigenvalue weighted by molar-refractivity contribution is 7.11. The highest BCUT2D eigenvalue weighted by atomic mass is 32.1. The van der Waals surface area contributed by atoms with Crippen LogP contribution in [0.1, 0.15) is 30.7 Å². The molecule has 1 aromatic heterocycles. The largest absolute Gasteiger partial charge is 0.357 e. The topological polar surface area (TPSA) is 55.8 Å².